The Morgan fingerprint density at radius 1 is 0.600 bits per heavy atom. The van der Waals surface area contributed by atoms with Gasteiger partial charge in [0.15, 0.2) is 5.88 Å². The normalized spacial score (nSPS) is 21.0. The van der Waals surface area contributed by atoms with Crippen LogP contribution in [0.2, 0.25) is 0 Å². The summed E-state index contributed by atoms with van der Waals surface area (Å²) in [6.45, 7) is 0. The molecule has 0 unspecified atom stereocenters. The Kier molecular flexibility index (Phi) is 6.05. The van der Waals surface area contributed by atoms with Crippen LogP contribution in [0.4, 0.5) is 0 Å². The Labute approximate surface area is 208 Å². The highest BCUT2D eigenvalue weighted by Gasteiger charge is 2.37. The van der Waals surface area contributed by atoms with Crippen molar-refractivity contribution in [1.29, 1.82) is 0 Å². The van der Waals surface area contributed by atoms with Crippen LogP contribution in [0, 0.1) is 0 Å². The Morgan fingerprint density at radius 3 is 1.69 bits per heavy atom. The quantitative estimate of drug-likeness (QED) is 0.320. The van der Waals surface area contributed by atoms with Crippen LogP contribution >= 0.6 is 7.92 Å². The van der Waals surface area contributed by atoms with E-state index in [-0.39, 0.29) is 12.1 Å². The van der Waals surface area contributed by atoms with Crippen LogP contribution in [0.25, 0.3) is 0 Å². The largest absolute Gasteiger partial charge is 0.468 e. The van der Waals surface area contributed by atoms with Gasteiger partial charge in [0.25, 0.3) is 0 Å². The van der Waals surface area contributed by atoms with Gasteiger partial charge < -0.3 is 10.1 Å². The summed E-state index contributed by atoms with van der Waals surface area (Å²) in [5.41, 5.74) is 3.53. The molecule has 0 amide bonds. The average Bonchev–Trinajstić information content (AvgIpc) is 3.59. The number of benzene rings is 4. The molecule has 1 fully saturated rings. The van der Waals surface area contributed by atoms with E-state index in [1.165, 1.54) is 27.1 Å². The van der Waals surface area contributed by atoms with E-state index in [2.05, 4.69) is 145 Å². The van der Waals surface area contributed by atoms with Gasteiger partial charge in [0, 0.05) is 5.57 Å². The van der Waals surface area contributed by atoms with Crippen molar-refractivity contribution in [3.8, 4) is 0 Å². The van der Waals surface area contributed by atoms with Crippen molar-refractivity contribution in [2.75, 3.05) is 0 Å². The van der Waals surface area contributed by atoms with E-state index in [1.807, 2.05) is 0 Å². The van der Waals surface area contributed by atoms with Gasteiger partial charge in [-0.2, -0.15) is 0 Å². The third kappa shape index (κ3) is 4.34. The molecule has 1 saturated heterocycles. The van der Waals surface area contributed by atoms with Crippen LogP contribution in [0.5, 0.6) is 0 Å². The first kappa shape index (κ1) is 21.6. The SMILES string of the molecule is C1=C/C(=C2\N[C@H](c3ccccc3)[C@@H](c3ccccc3)O2)C(P(c2ccccc2)c2ccccc2)=C1. The standard InChI is InChI=1S/C32H26NOP/c1-5-14-24(15-6-1)30-31(25-16-7-2-8-17-25)34-32(33-30)28-22-13-23-29(28)35(26-18-9-3-10-19-26)27-20-11-4-12-21-27/h1-23,30-31,33H/b32-28-/t30-,31-/m1/s1. The number of hydrogen-bond donors (Lipinski definition) is 1. The maximum atomic E-state index is 6.74. The van der Waals surface area contributed by atoms with Crippen LogP contribution in [0.15, 0.2) is 156 Å². The summed E-state index contributed by atoms with van der Waals surface area (Å²) >= 11 is 0. The van der Waals surface area contributed by atoms with Crippen molar-refractivity contribution in [3.05, 3.63) is 167 Å². The second-order valence-corrected chi connectivity index (χ2v) is 10.8. The highest BCUT2D eigenvalue weighted by molar-refractivity contribution is 7.77. The molecule has 0 bridgehead atoms. The first-order valence-electron chi connectivity index (χ1n) is 11.9. The van der Waals surface area contributed by atoms with Crippen molar-refractivity contribution in [2.24, 2.45) is 0 Å². The topological polar surface area (TPSA) is 21.3 Å². The summed E-state index contributed by atoms with van der Waals surface area (Å²) in [5, 5.41) is 7.73. The van der Waals surface area contributed by atoms with Gasteiger partial charge in [-0.15, -0.1) is 0 Å². The molecule has 2 nitrogen and oxygen atoms in total. The molecule has 0 spiro atoms. The summed E-state index contributed by atoms with van der Waals surface area (Å²) in [6, 6.07) is 42.8. The molecule has 0 saturated carbocycles. The fourth-order valence-electron chi connectivity index (χ4n) is 4.79. The average molecular weight is 472 g/mol. The molecule has 2 aliphatic rings. The van der Waals surface area contributed by atoms with E-state index in [0.717, 1.165) is 11.5 Å². The molecule has 1 aliphatic heterocycles. The lowest BCUT2D eigenvalue weighted by atomic mass is 9.97. The molecule has 0 aromatic heterocycles. The summed E-state index contributed by atoms with van der Waals surface area (Å²) in [7, 11) is -0.724. The predicted molar refractivity (Wildman–Crippen MR) is 146 cm³/mol. The Morgan fingerprint density at radius 2 is 1.11 bits per heavy atom. The predicted octanol–water partition coefficient (Wildman–Crippen LogP) is 6.89. The molecule has 3 heteroatoms. The molecule has 1 N–H and O–H groups in total. The fourth-order valence-corrected chi connectivity index (χ4v) is 7.24. The van der Waals surface area contributed by atoms with Crippen LogP contribution in [-0.4, -0.2) is 0 Å². The number of nitrogens with one attached hydrogen (secondary N) is 1. The van der Waals surface area contributed by atoms with Crippen LogP contribution < -0.4 is 15.9 Å². The maximum Gasteiger partial charge on any atom is 0.196 e. The zero-order valence-electron chi connectivity index (χ0n) is 19.3. The molecule has 0 radical (unpaired) electrons. The molecule has 2 atom stereocenters. The molecule has 1 aliphatic carbocycles. The first-order valence-corrected chi connectivity index (χ1v) is 13.3. The third-order valence-corrected chi connectivity index (χ3v) is 8.93. The van der Waals surface area contributed by atoms with Crippen molar-refractivity contribution in [2.45, 2.75) is 12.1 Å². The lowest BCUT2D eigenvalue weighted by Crippen LogP contribution is -2.18. The van der Waals surface area contributed by atoms with Gasteiger partial charge in [-0.25, -0.2) is 0 Å². The van der Waals surface area contributed by atoms with E-state index in [0.29, 0.717) is 0 Å². The van der Waals surface area contributed by atoms with Gasteiger partial charge in [-0.05, 0) is 41.0 Å². The van der Waals surface area contributed by atoms with E-state index < -0.39 is 7.92 Å². The van der Waals surface area contributed by atoms with E-state index in [1.54, 1.807) is 0 Å². The Hall–Kier alpha value is -3.87. The zero-order chi connectivity index (χ0) is 23.5. The summed E-state index contributed by atoms with van der Waals surface area (Å²) in [6.07, 6.45) is 6.49. The lowest BCUT2D eigenvalue weighted by Gasteiger charge is -2.22. The highest BCUT2D eigenvalue weighted by atomic mass is 31.1. The van der Waals surface area contributed by atoms with E-state index in [9.17, 15) is 0 Å². The number of hydrogen-bond acceptors (Lipinski definition) is 2. The third-order valence-electron chi connectivity index (χ3n) is 6.43. The van der Waals surface area contributed by atoms with Crippen molar-refractivity contribution < 1.29 is 4.74 Å². The van der Waals surface area contributed by atoms with Crippen LogP contribution in [-0.2, 0) is 4.74 Å². The minimum Gasteiger partial charge on any atom is -0.468 e. The number of rotatable bonds is 5. The van der Waals surface area contributed by atoms with Crippen molar-refractivity contribution in [3.63, 3.8) is 0 Å². The fraction of sp³-hybridized carbons (Fsp3) is 0.0625. The summed E-state index contributed by atoms with van der Waals surface area (Å²) in [4.78, 5) is 0. The summed E-state index contributed by atoms with van der Waals surface area (Å²) < 4.78 is 6.74. The Balaban J connectivity index is 1.43. The molecular formula is C32H26NOP. The van der Waals surface area contributed by atoms with Crippen molar-refractivity contribution >= 4 is 18.5 Å². The molecule has 4 aromatic rings. The van der Waals surface area contributed by atoms with Crippen LogP contribution in [0.1, 0.15) is 23.3 Å². The highest BCUT2D eigenvalue weighted by Crippen LogP contribution is 2.51. The molecule has 35 heavy (non-hydrogen) atoms. The van der Waals surface area contributed by atoms with Gasteiger partial charge in [-0.3, -0.25) is 0 Å². The smallest absolute Gasteiger partial charge is 0.196 e. The summed E-state index contributed by atoms with van der Waals surface area (Å²) in [5.74, 6) is 0.854. The molecular weight excluding hydrogens is 445 g/mol. The molecule has 170 valence electrons. The second kappa shape index (κ2) is 9.78. The number of allylic oxidation sites excluding steroid dienone is 5. The zero-order valence-corrected chi connectivity index (χ0v) is 20.2. The minimum absolute atomic E-state index is 0.0380. The first-order chi connectivity index (χ1) is 17.4. The van der Waals surface area contributed by atoms with E-state index >= 15 is 0 Å². The molecule has 4 aromatic carbocycles. The maximum absolute atomic E-state index is 6.74. The second-order valence-electron chi connectivity index (χ2n) is 8.64. The number of ether oxygens (including phenoxy) is 1. The van der Waals surface area contributed by atoms with Crippen molar-refractivity contribution in [1.82, 2.24) is 5.32 Å². The van der Waals surface area contributed by atoms with Gasteiger partial charge >= 0.3 is 0 Å². The lowest BCUT2D eigenvalue weighted by molar-refractivity contribution is 0.150. The monoisotopic (exact) mass is 471 g/mol. The molecule has 6 rings (SSSR count). The van der Waals surface area contributed by atoms with Gasteiger partial charge in [0.05, 0.1) is 6.04 Å². The van der Waals surface area contributed by atoms with E-state index in [4.69, 9.17) is 4.74 Å². The van der Waals surface area contributed by atoms with Gasteiger partial charge in [-0.1, -0.05) is 133 Å². The Bertz CT molecular complexity index is 1290. The molecule has 1 heterocycles. The minimum atomic E-state index is -0.724. The van der Waals surface area contributed by atoms with Crippen LogP contribution in [0.3, 0.4) is 0 Å². The van der Waals surface area contributed by atoms with Gasteiger partial charge in [0.1, 0.15) is 6.10 Å². The van der Waals surface area contributed by atoms with Gasteiger partial charge in [0.2, 0.25) is 0 Å².